The van der Waals surface area contributed by atoms with Crippen LogP contribution in [0.1, 0.15) is 5.56 Å². The Morgan fingerprint density at radius 3 is 2.56 bits per heavy atom. The van der Waals surface area contributed by atoms with E-state index in [-0.39, 0.29) is 5.82 Å². The third kappa shape index (κ3) is 3.61. The first-order chi connectivity index (χ1) is 8.54. The number of hydrogen-bond donors (Lipinski definition) is 1. The smallest absolute Gasteiger partial charge is 0.125 e. The average Bonchev–Trinajstić information content (AvgIpc) is 2.29. The molecule has 2 rings (SSSR count). The monoisotopic (exact) mass is 347 g/mol. The minimum absolute atomic E-state index is 0.340. The lowest BCUT2D eigenvalue weighted by Gasteiger charge is -2.08. The Kier molecular flexibility index (Phi) is 4.49. The zero-order valence-electron chi connectivity index (χ0n) is 9.18. The minimum atomic E-state index is -0.340. The van der Waals surface area contributed by atoms with Crippen LogP contribution < -0.4 is 5.32 Å². The van der Waals surface area contributed by atoms with E-state index in [0.29, 0.717) is 16.6 Å². The van der Waals surface area contributed by atoms with Crippen LogP contribution >= 0.6 is 39.1 Å². The molecule has 0 heterocycles. The zero-order chi connectivity index (χ0) is 13.1. The SMILES string of the molecule is Fc1cc(Cl)cc(CNc2ccc(Br)c(Cl)c2)c1. The highest BCUT2D eigenvalue weighted by Gasteiger charge is 2.01. The lowest BCUT2D eigenvalue weighted by molar-refractivity contribution is 0.626. The molecule has 0 spiro atoms. The molecule has 0 amide bonds. The van der Waals surface area contributed by atoms with Crippen molar-refractivity contribution in [1.82, 2.24) is 0 Å². The molecule has 0 bridgehead atoms. The Balaban J connectivity index is 2.08. The van der Waals surface area contributed by atoms with Gasteiger partial charge in [0, 0.05) is 21.7 Å². The van der Waals surface area contributed by atoms with Crippen molar-refractivity contribution in [1.29, 1.82) is 0 Å². The second-order valence-corrected chi connectivity index (χ2v) is 5.46. The molecule has 2 aromatic rings. The zero-order valence-corrected chi connectivity index (χ0v) is 12.3. The van der Waals surface area contributed by atoms with E-state index in [0.717, 1.165) is 15.7 Å². The fourth-order valence-electron chi connectivity index (χ4n) is 1.52. The molecule has 0 aliphatic heterocycles. The van der Waals surface area contributed by atoms with Gasteiger partial charge in [-0.3, -0.25) is 0 Å². The maximum atomic E-state index is 13.1. The fraction of sp³-hybridized carbons (Fsp3) is 0.0769. The van der Waals surface area contributed by atoms with Gasteiger partial charge in [-0.05, 0) is 57.9 Å². The highest BCUT2D eigenvalue weighted by Crippen LogP contribution is 2.26. The first-order valence-corrected chi connectivity index (χ1v) is 6.73. The Morgan fingerprint density at radius 1 is 1.11 bits per heavy atom. The molecular weight excluding hydrogens is 340 g/mol. The van der Waals surface area contributed by atoms with E-state index in [1.807, 2.05) is 12.1 Å². The van der Waals surface area contributed by atoms with Crippen molar-refractivity contribution < 1.29 is 4.39 Å². The van der Waals surface area contributed by atoms with Gasteiger partial charge in [-0.2, -0.15) is 0 Å². The number of anilines is 1. The Hall–Kier alpha value is -0.770. The first-order valence-electron chi connectivity index (χ1n) is 5.18. The van der Waals surface area contributed by atoms with E-state index in [1.165, 1.54) is 12.1 Å². The number of rotatable bonds is 3. The molecule has 0 atom stereocenters. The molecular formula is C13H9BrCl2FN. The van der Waals surface area contributed by atoms with Crippen LogP contribution in [0.25, 0.3) is 0 Å². The van der Waals surface area contributed by atoms with E-state index in [2.05, 4.69) is 21.2 Å². The second kappa shape index (κ2) is 5.91. The van der Waals surface area contributed by atoms with Crippen LogP contribution in [0.5, 0.6) is 0 Å². The van der Waals surface area contributed by atoms with E-state index in [4.69, 9.17) is 23.2 Å². The van der Waals surface area contributed by atoms with E-state index in [9.17, 15) is 4.39 Å². The molecule has 0 unspecified atom stereocenters. The van der Waals surface area contributed by atoms with Crippen LogP contribution in [0.4, 0.5) is 10.1 Å². The van der Waals surface area contributed by atoms with Crippen molar-refractivity contribution in [2.75, 3.05) is 5.32 Å². The van der Waals surface area contributed by atoms with Crippen LogP contribution in [0.2, 0.25) is 10.0 Å². The molecule has 0 radical (unpaired) electrons. The van der Waals surface area contributed by atoms with Crippen LogP contribution in [-0.4, -0.2) is 0 Å². The summed E-state index contributed by atoms with van der Waals surface area (Å²) in [5.41, 5.74) is 1.64. The summed E-state index contributed by atoms with van der Waals surface area (Å²) in [5, 5.41) is 4.16. The van der Waals surface area contributed by atoms with Gasteiger partial charge in [-0.25, -0.2) is 4.39 Å². The second-order valence-electron chi connectivity index (χ2n) is 3.76. The summed E-state index contributed by atoms with van der Waals surface area (Å²) < 4.78 is 14.0. The first kappa shape index (κ1) is 13.7. The van der Waals surface area contributed by atoms with Gasteiger partial charge in [0.05, 0.1) is 5.02 Å². The van der Waals surface area contributed by atoms with Crippen molar-refractivity contribution in [3.63, 3.8) is 0 Å². The summed E-state index contributed by atoms with van der Waals surface area (Å²) in [5.74, 6) is -0.340. The van der Waals surface area contributed by atoms with Crippen LogP contribution in [0, 0.1) is 5.82 Å². The van der Waals surface area contributed by atoms with Crippen molar-refractivity contribution in [3.8, 4) is 0 Å². The highest BCUT2D eigenvalue weighted by atomic mass is 79.9. The standard InChI is InChI=1S/C13H9BrCl2FN/c14-12-2-1-11(6-13(12)16)18-7-8-3-9(15)5-10(17)4-8/h1-6,18H,7H2. The molecule has 0 saturated heterocycles. The lowest BCUT2D eigenvalue weighted by atomic mass is 10.2. The predicted molar refractivity (Wildman–Crippen MR) is 77.9 cm³/mol. The molecule has 1 nitrogen and oxygen atoms in total. The topological polar surface area (TPSA) is 12.0 Å². The van der Waals surface area contributed by atoms with Crippen LogP contribution in [-0.2, 0) is 6.54 Å². The number of benzene rings is 2. The number of halogens is 4. The molecule has 0 aliphatic rings. The maximum absolute atomic E-state index is 13.1. The molecule has 94 valence electrons. The molecule has 18 heavy (non-hydrogen) atoms. The predicted octanol–water partition coefficient (Wildman–Crippen LogP) is 5.51. The van der Waals surface area contributed by atoms with Gasteiger partial charge in [-0.1, -0.05) is 23.2 Å². The molecule has 0 aromatic heterocycles. The summed E-state index contributed by atoms with van der Waals surface area (Å²) in [7, 11) is 0. The molecule has 0 saturated carbocycles. The van der Waals surface area contributed by atoms with Gasteiger partial charge >= 0.3 is 0 Å². The van der Waals surface area contributed by atoms with Gasteiger partial charge in [0.1, 0.15) is 5.82 Å². The Morgan fingerprint density at radius 2 is 1.89 bits per heavy atom. The summed E-state index contributed by atoms with van der Waals surface area (Å²) in [4.78, 5) is 0. The normalized spacial score (nSPS) is 10.4. The minimum Gasteiger partial charge on any atom is -0.381 e. The summed E-state index contributed by atoms with van der Waals surface area (Å²) in [6.45, 7) is 0.482. The summed E-state index contributed by atoms with van der Waals surface area (Å²) in [6, 6.07) is 9.98. The third-order valence-electron chi connectivity index (χ3n) is 2.34. The fourth-order valence-corrected chi connectivity index (χ4v) is 2.19. The van der Waals surface area contributed by atoms with Gasteiger partial charge in [0.15, 0.2) is 0 Å². The quantitative estimate of drug-likeness (QED) is 0.771. The largest absolute Gasteiger partial charge is 0.381 e. The van der Waals surface area contributed by atoms with E-state index < -0.39 is 0 Å². The van der Waals surface area contributed by atoms with Crippen molar-refractivity contribution in [2.24, 2.45) is 0 Å². The highest BCUT2D eigenvalue weighted by molar-refractivity contribution is 9.10. The van der Waals surface area contributed by atoms with E-state index >= 15 is 0 Å². The van der Waals surface area contributed by atoms with Crippen molar-refractivity contribution in [2.45, 2.75) is 6.54 Å². The molecule has 1 N–H and O–H groups in total. The van der Waals surface area contributed by atoms with Crippen LogP contribution in [0.3, 0.4) is 0 Å². The molecule has 0 fully saturated rings. The van der Waals surface area contributed by atoms with Crippen LogP contribution in [0.15, 0.2) is 40.9 Å². The average molecular weight is 349 g/mol. The molecule has 0 aliphatic carbocycles. The Bertz CT molecular complexity index is 555. The number of nitrogens with one attached hydrogen (secondary N) is 1. The van der Waals surface area contributed by atoms with Gasteiger partial charge in [0.2, 0.25) is 0 Å². The van der Waals surface area contributed by atoms with Gasteiger partial charge < -0.3 is 5.32 Å². The maximum Gasteiger partial charge on any atom is 0.125 e. The summed E-state index contributed by atoms with van der Waals surface area (Å²) >= 11 is 15.1. The van der Waals surface area contributed by atoms with Crippen molar-refractivity contribution >= 4 is 44.8 Å². The molecule has 5 heteroatoms. The van der Waals surface area contributed by atoms with Crippen molar-refractivity contribution in [3.05, 3.63) is 62.3 Å². The third-order valence-corrected chi connectivity index (χ3v) is 3.79. The number of hydrogen-bond acceptors (Lipinski definition) is 1. The lowest BCUT2D eigenvalue weighted by Crippen LogP contribution is -1.99. The van der Waals surface area contributed by atoms with Gasteiger partial charge in [-0.15, -0.1) is 0 Å². The Labute approximate surface area is 123 Å². The molecule has 2 aromatic carbocycles. The summed E-state index contributed by atoms with van der Waals surface area (Å²) in [6.07, 6.45) is 0. The van der Waals surface area contributed by atoms with Gasteiger partial charge in [0.25, 0.3) is 0 Å². The van der Waals surface area contributed by atoms with E-state index in [1.54, 1.807) is 12.1 Å².